The highest BCUT2D eigenvalue weighted by molar-refractivity contribution is 5.79. The van der Waals surface area contributed by atoms with Gasteiger partial charge in [-0.3, -0.25) is 4.79 Å². The van der Waals surface area contributed by atoms with Gasteiger partial charge < -0.3 is 10.6 Å². The normalized spacial score (nSPS) is 35.7. The molecule has 1 aliphatic heterocycles. The number of piperidine rings is 1. The fourth-order valence-corrected chi connectivity index (χ4v) is 2.80. The second-order valence-electron chi connectivity index (χ2n) is 5.51. The van der Waals surface area contributed by atoms with Crippen molar-refractivity contribution in [3.8, 4) is 0 Å². The molecule has 92 valence electrons. The van der Waals surface area contributed by atoms with Crippen LogP contribution < -0.4 is 10.6 Å². The van der Waals surface area contributed by atoms with Gasteiger partial charge in [0, 0.05) is 12.6 Å². The molecule has 0 bridgehead atoms. The van der Waals surface area contributed by atoms with E-state index in [1.54, 1.807) is 0 Å². The first-order chi connectivity index (χ1) is 7.75. The predicted molar refractivity (Wildman–Crippen MR) is 65.2 cm³/mol. The van der Waals surface area contributed by atoms with Gasteiger partial charge in [0.25, 0.3) is 0 Å². The maximum atomic E-state index is 12.0. The van der Waals surface area contributed by atoms with Crippen LogP contribution in [0.2, 0.25) is 0 Å². The van der Waals surface area contributed by atoms with Gasteiger partial charge in [-0.05, 0) is 51.0 Å². The summed E-state index contributed by atoms with van der Waals surface area (Å²) in [6.07, 6.45) is 7.09. The molecule has 3 heteroatoms. The highest BCUT2D eigenvalue weighted by atomic mass is 16.2. The van der Waals surface area contributed by atoms with Gasteiger partial charge in [0.1, 0.15) is 0 Å². The van der Waals surface area contributed by atoms with Crippen LogP contribution in [0.25, 0.3) is 0 Å². The molecule has 2 fully saturated rings. The third-order valence-electron chi connectivity index (χ3n) is 4.03. The van der Waals surface area contributed by atoms with E-state index in [0.29, 0.717) is 6.04 Å². The van der Waals surface area contributed by atoms with E-state index in [9.17, 15) is 4.79 Å². The Kier molecular flexibility index (Phi) is 4.22. The minimum Gasteiger partial charge on any atom is -0.353 e. The largest absolute Gasteiger partial charge is 0.353 e. The molecule has 3 nitrogen and oxygen atoms in total. The molecule has 1 aliphatic carbocycles. The minimum absolute atomic E-state index is 0.216. The van der Waals surface area contributed by atoms with Crippen LogP contribution >= 0.6 is 0 Å². The lowest BCUT2D eigenvalue weighted by molar-refractivity contribution is -0.126. The Morgan fingerprint density at radius 2 is 1.94 bits per heavy atom. The molecule has 2 N–H and O–H groups in total. The molecule has 0 radical (unpaired) electrons. The Bertz CT molecular complexity index is 228. The van der Waals surface area contributed by atoms with Gasteiger partial charge in [0.05, 0.1) is 5.92 Å². The molecule has 1 atom stereocenters. The number of hydrogen-bond acceptors (Lipinski definition) is 2. The number of nitrogens with one attached hydrogen (secondary N) is 2. The molecule has 1 amide bonds. The average Bonchev–Trinajstić information content (AvgIpc) is 2.33. The zero-order chi connectivity index (χ0) is 11.4. The zero-order valence-corrected chi connectivity index (χ0v) is 10.3. The van der Waals surface area contributed by atoms with Crippen LogP contribution in [0, 0.1) is 11.8 Å². The van der Waals surface area contributed by atoms with Gasteiger partial charge >= 0.3 is 0 Å². The number of hydrogen-bond donors (Lipinski definition) is 2. The summed E-state index contributed by atoms with van der Waals surface area (Å²) in [5, 5.41) is 6.53. The summed E-state index contributed by atoms with van der Waals surface area (Å²) in [6.45, 7) is 4.25. The van der Waals surface area contributed by atoms with Crippen LogP contribution in [0.5, 0.6) is 0 Å². The Balaban J connectivity index is 1.73. The lowest BCUT2D eigenvalue weighted by atomic mass is 9.87. The standard InChI is InChI=1S/C13H24N2O/c1-10-4-6-12(7-5-10)15-13(16)11-3-2-8-14-9-11/h10-12,14H,2-9H2,1H3,(H,15,16)/t10?,11-,12?/m1/s1. The Morgan fingerprint density at radius 1 is 1.19 bits per heavy atom. The molecular formula is C13H24N2O. The zero-order valence-electron chi connectivity index (χ0n) is 10.3. The first-order valence-electron chi connectivity index (χ1n) is 6.77. The maximum Gasteiger partial charge on any atom is 0.224 e. The molecule has 2 rings (SSSR count). The molecule has 0 aromatic rings. The van der Waals surface area contributed by atoms with Crippen molar-refractivity contribution in [2.75, 3.05) is 13.1 Å². The SMILES string of the molecule is CC1CCC(NC(=O)[C@@H]2CCCNC2)CC1. The molecule has 0 unspecified atom stereocenters. The van der Waals surface area contributed by atoms with E-state index >= 15 is 0 Å². The van der Waals surface area contributed by atoms with Crippen molar-refractivity contribution in [1.29, 1.82) is 0 Å². The van der Waals surface area contributed by atoms with Crippen molar-refractivity contribution < 1.29 is 4.79 Å². The molecule has 0 aromatic heterocycles. The van der Waals surface area contributed by atoms with Crippen molar-refractivity contribution in [3.05, 3.63) is 0 Å². The Morgan fingerprint density at radius 3 is 2.56 bits per heavy atom. The molecule has 0 spiro atoms. The van der Waals surface area contributed by atoms with E-state index < -0.39 is 0 Å². The summed E-state index contributed by atoms with van der Waals surface area (Å²) in [5.41, 5.74) is 0. The summed E-state index contributed by atoms with van der Waals surface area (Å²) in [4.78, 5) is 12.0. The quantitative estimate of drug-likeness (QED) is 0.749. The second-order valence-corrected chi connectivity index (χ2v) is 5.51. The molecule has 1 saturated heterocycles. The van der Waals surface area contributed by atoms with Crippen LogP contribution in [0.3, 0.4) is 0 Å². The highest BCUT2D eigenvalue weighted by Crippen LogP contribution is 2.23. The lowest BCUT2D eigenvalue weighted by Crippen LogP contribution is -2.45. The topological polar surface area (TPSA) is 41.1 Å². The molecule has 1 heterocycles. The van der Waals surface area contributed by atoms with Crippen LogP contribution in [-0.2, 0) is 4.79 Å². The molecule has 1 saturated carbocycles. The predicted octanol–water partition coefficient (Wildman–Crippen LogP) is 1.68. The van der Waals surface area contributed by atoms with Gasteiger partial charge in [-0.15, -0.1) is 0 Å². The second kappa shape index (κ2) is 5.67. The third-order valence-corrected chi connectivity index (χ3v) is 4.03. The van der Waals surface area contributed by atoms with E-state index in [1.165, 1.54) is 25.7 Å². The number of rotatable bonds is 2. The van der Waals surface area contributed by atoms with E-state index in [-0.39, 0.29) is 11.8 Å². The van der Waals surface area contributed by atoms with E-state index in [0.717, 1.165) is 31.8 Å². The third kappa shape index (κ3) is 3.21. The fraction of sp³-hybridized carbons (Fsp3) is 0.923. The molecule has 16 heavy (non-hydrogen) atoms. The summed E-state index contributed by atoms with van der Waals surface area (Å²) >= 11 is 0. The summed E-state index contributed by atoms with van der Waals surface area (Å²) in [7, 11) is 0. The minimum atomic E-state index is 0.216. The molecule has 0 aromatic carbocycles. The molecule has 2 aliphatic rings. The van der Waals surface area contributed by atoms with Crippen LogP contribution in [0.15, 0.2) is 0 Å². The average molecular weight is 224 g/mol. The van der Waals surface area contributed by atoms with E-state index in [4.69, 9.17) is 0 Å². The van der Waals surface area contributed by atoms with Crippen molar-refractivity contribution in [2.24, 2.45) is 11.8 Å². The monoisotopic (exact) mass is 224 g/mol. The van der Waals surface area contributed by atoms with Crippen LogP contribution in [0.4, 0.5) is 0 Å². The van der Waals surface area contributed by atoms with Crippen molar-refractivity contribution in [3.63, 3.8) is 0 Å². The highest BCUT2D eigenvalue weighted by Gasteiger charge is 2.25. The number of carbonyl (C=O) groups is 1. The fourth-order valence-electron chi connectivity index (χ4n) is 2.80. The summed E-state index contributed by atoms with van der Waals surface area (Å²) in [6, 6.07) is 0.450. The Hall–Kier alpha value is -0.570. The van der Waals surface area contributed by atoms with Crippen molar-refractivity contribution >= 4 is 5.91 Å². The van der Waals surface area contributed by atoms with Crippen molar-refractivity contribution in [2.45, 2.75) is 51.5 Å². The number of amides is 1. The van der Waals surface area contributed by atoms with Crippen molar-refractivity contribution in [1.82, 2.24) is 10.6 Å². The summed E-state index contributed by atoms with van der Waals surface area (Å²) < 4.78 is 0. The van der Waals surface area contributed by atoms with Gasteiger partial charge in [0.2, 0.25) is 5.91 Å². The van der Waals surface area contributed by atoms with Crippen LogP contribution in [-0.4, -0.2) is 25.0 Å². The number of carbonyl (C=O) groups excluding carboxylic acids is 1. The summed E-state index contributed by atoms with van der Waals surface area (Å²) in [5.74, 6) is 1.35. The smallest absolute Gasteiger partial charge is 0.224 e. The van der Waals surface area contributed by atoms with E-state index in [1.807, 2.05) is 0 Å². The van der Waals surface area contributed by atoms with E-state index in [2.05, 4.69) is 17.6 Å². The van der Waals surface area contributed by atoms with Gasteiger partial charge in [-0.25, -0.2) is 0 Å². The lowest BCUT2D eigenvalue weighted by Gasteiger charge is -2.29. The molecular weight excluding hydrogens is 200 g/mol. The first-order valence-corrected chi connectivity index (χ1v) is 6.77. The van der Waals surface area contributed by atoms with Gasteiger partial charge in [-0.2, -0.15) is 0 Å². The maximum absolute atomic E-state index is 12.0. The van der Waals surface area contributed by atoms with Gasteiger partial charge in [-0.1, -0.05) is 6.92 Å². The first kappa shape index (κ1) is 11.9. The van der Waals surface area contributed by atoms with Gasteiger partial charge in [0.15, 0.2) is 0 Å². The Labute approximate surface area is 98.4 Å². The van der Waals surface area contributed by atoms with Crippen LogP contribution in [0.1, 0.15) is 45.4 Å².